The maximum atomic E-state index is 2.82. The van der Waals surface area contributed by atoms with E-state index >= 15 is 0 Å². The lowest BCUT2D eigenvalue weighted by Gasteiger charge is -2.72. The SMILES string of the molecule is CCC(C)C(C)C(C)C(C)(C)C(CC)C(C)C1(C)C(C)C2(C)C(C(CC(C)C)C(C)C2(C)CC)C(C)C1(C)C(C)C. The number of fused-ring (bicyclic) bond motifs is 1. The van der Waals surface area contributed by atoms with Crippen molar-refractivity contribution in [3.8, 4) is 0 Å². The molecule has 0 nitrogen and oxygen atoms in total. The third-order valence-corrected chi connectivity index (χ3v) is 17.6. The maximum Gasteiger partial charge on any atom is -0.0204 e. The standard InChI is InChI=1S/C41H80/c1-21-27(8)28(9)29(10)37(15,16)35(22-2)31(12)40(19)33(14)41(20)36(32(13)39(40,18)26(6)7)34(24-25(4)5)30(11)38(41,17)23-3/h25-36H,21-24H2,1-20H3. The smallest absolute Gasteiger partial charge is 0.0204 e. The summed E-state index contributed by atoms with van der Waals surface area (Å²) in [5.41, 5.74) is 1.57. The van der Waals surface area contributed by atoms with Crippen molar-refractivity contribution in [2.24, 2.45) is 98.1 Å². The van der Waals surface area contributed by atoms with Crippen LogP contribution in [0.15, 0.2) is 0 Å². The van der Waals surface area contributed by atoms with Gasteiger partial charge in [-0.15, -0.1) is 0 Å². The van der Waals surface area contributed by atoms with Crippen molar-refractivity contribution in [3.63, 3.8) is 0 Å². The molecular weight excluding hydrogens is 492 g/mol. The minimum atomic E-state index is 0.256. The van der Waals surface area contributed by atoms with Crippen LogP contribution in [0.5, 0.6) is 0 Å². The summed E-state index contributed by atoms with van der Waals surface area (Å²) >= 11 is 0. The van der Waals surface area contributed by atoms with Gasteiger partial charge in [-0.1, -0.05) is 151 Å². The van der Waals surface area contributed by atoms with E-state index in [9.17, 15) is 0 Å². The zero-order valence-corrected chi connectivity index (χ0v) is 32.3. The molecule has 244 valence electrons. The normalized spacial score (nSPS) is 43.6. The minimum absolute atomic E-state index is 0.256. The second-order valence-electron chi connectivity index (χ2n) is 18.6. The van der Waals surface area contributed by atoms with Crippen molar-refractivity contribution in [1.82, 2.24) is 0 Å². The second-order valence-corrected chi connectivity index (χ2v) is 18.6. The van der Waals surface area contributed by atoms with E-state index in [0.29, 0.717) is 57.2 Å². The van der Waals surface area contributed by atoms with Gasteiger partial charge < -0.3 is 0 Å². The molecule has 0 heterocycles. The van der Waals surface area contributed by atoms with Gasteiger partial charge >= 0.3 is 0 Å². The van der Waals surface area contributed by atoms with E-state index in [1.165, 1.54) is 25.7 Å². The Morgan fingerprint density at radius 1 is 0.707 bits per heavy atom. The molecule has 0 aromatic carbocycles. The summed E-state index contributed by atoms with van der Waals surface area (Å²) in [7, 11) is 0. The van der Waals surface area contributed by atoms with Gasteiger partial charge in [0, 0.05) is 0 Å². The average Bonchev–Trinajstić information content (AvgIpc) is 3.07. The average molecular weight is 573 g/mol. The first-order valence-corrected chi connectivity index (χ1v) is 18.6. The molecule has 0 aromatic rings. The summed E-state index contributed by atoms with van der Waals surface area (Å²) in [6.07, 6.45) is 5.27. The summed E-state index contributed by atoms with van der Waals surface area (Å²) in [6.45, 7) is 52.6. The number of rotatable bonds is 12. The lowest BCUT2D eigenvalue weighted by atomic mass is 9.32. The molecule has 0 bridgehead atoms. The van der Waals surface area contributed by atoms with Gasteiger partial charge in [0.25, 0.3) is 0 Å². The molecule has 0 saturated heterocycles. The highest BCUT2D eigenvalue weighted by molar-refractivity contribution is 5.22. The monoisotopic (exact) mass is 573 g/mol. The molecule has 2 rings (SSSR count). The molecule has 0 N–H and O–H groups in total. The van der Waals surface area contributed by atoms with Crippen molar-refractivity contribution >= 4 is 0 Å². The lowest BCUT2D eigenvalue weighted by Crippen LogP contribution is -2.67. The van der Waals surface area contributed by atoms with Crippen LogP contribution in [0.25, 0.3) is 0 Å². The Hall–Kier alpha value is 0. The van der Waals surface area contributed by atoms with Crippen LogP contribution in [0.3, 0.4) is 0 Å². The molecule has 0 amide bonds. The highest BCUT2D eigenvalue weighted by Gasteiger charge is 2.75. The second kappa shape index (κ2) is 12.4. The first-order valence-electron chi connectivity index (χ1n) is 18.6. The molecule has 0 aliphatic heterocycles. The van der Waals surface area contributed by atoms with E-state index in [1.54, 1.807) is 0 Å². The van der Waals surface area contributed by atoms with Gasteiger partial charge in [-0.3, -0.25) is 0 Å². The molecule has 2 saturated carbocycles. The fraction of sp³-hybridized carbons (Fsp3) is 1.00. The summed E-state index contributed by atoms with van der Waals surface area (Å²) in [5.74, 6) is 8.84. The Morgan fingerprint density at radius 2 is 1.22 bits per heavy atom. The van der Waals surface area contributed by atoms with Gasteiger partial charge in [0.15, 0.2) is 0 Å². The molecule has 14 unspecified atom stereocenters. The Balaban J connectivity index is 2.85. The molecule has 0 spiro atoms. The third-order valence-electron chi connectivity index (χ3n) is 17.6. The van der Waals surface area contributed by atoms with Crippen molar-refractivity contribution < 1.29 is 0 Å². The molecular formula is C41H80. The molecule has 0 heteroatoms. The van der Waals surface area contributed by atoms with Gasteiger partial charge in [0.1, 0.15) is 0 Å². The van der Waals surface area contributed by atoms with Gasteiger partial charge in [0.2, 0.25) is 0 Å². The summed E-state index contributed by atoms with van der Waals surface area (Å²) in [6, 6.07) is 0. The van der Waals surface area contributed by atoms with Crippen LogP contribution < -0.4 is 0 Å². The Kier molecular flexibility index (Phi) is 11.3. The zero-order chi connectivity index (χ0) is 32.3. The molecule has 2 fully saturated rings. The fourth-order valence-electron chi connectivity index (χ4n) is 13.2. The quantitative estimate of drug-likeness (QED) is 0.218. The van der Waals surface area contributed by atoms with Crippen LogP contribution in [0.2, 0.25) is 0 Å². The highest BCUT2D eigenvalue weighted by Crippen LogP contribution is 2.80. The minimum Gasteiger partial charge on any atom is -0.0651 e. The van der Waals surface area contributed by atoms with Crippen molar-refractivity contribution in [1.29, 1.82) is 0 Å². The van der Waals surface area contributed by atoms with Crippen LogP contribution in [-0.2, 0) is 0 Å². The fourth-order valence-corrected chi connectivity index (χ4v) is 13.2. The van der Waals surface area contributed by atoms with E-state index in [0.717, 1.165) is 35.5 Å². The number of hydrogen-bond donors (Lipinski definition) is 0. The van der Waals surface area contributed by atoms with Crippen LogP contribution in [0.4, 0.5) is 0 Å². The van der Waals surface area contributed by atoms with E-state index in [4.69, 9.17) is 0 Å². The van der Waals surface area contributed by atoms with Gasteiger partial charge in [-0.05, 0) is 111 Å². The summed E-state index contributed by atoms with van der Waals surface area (Å²) < 4.78 is 0. The van der Waals surface area contributed by atoms with Crippen molar-refractivity contribution in [2.45, 2.75) is 164 Å². The van der Waals surface area contributed by atoms with Crippen LogP contribution in [0.1, 0.15) is 164 Å². The number of hydrogen-bond acceptors (Lipinski definition) is 0. The Morgan fingerprint density at radius 3 is 1.61 bits per heavy atom. The molecule has 14 atom stereocenters. The van der Waals surface area contributed by atoms with Crippen molar-refractivity contribution in [3.05, 3.63) is 0 Å². The zero-order valence-electron chi connectivity index (χ0n) is 32.3. The van der Waals surface area contributed by atoms with Crippen LogP contribution in [-0.4, -0.2) is 0 Å². The molecule has 0 radical (unpaired) electrons. The molecule has 2 aliphatic carbocycles. The lowest BCUT2D eigenvalue weighted by molar-refractivity contribution is -0.250. The van der Waals surface area contributed by atoms with E-state index in [-0.39, 0.29) is 5.41 Å². The van der Waals surface area contributed by atoms with Gasteiger partial charge in [-0.2, -0.15) is 0 Å². The summed E-state index contributed by atoms with van der Waals surface area (Å²) in [5, 5.41) is 0. The molecule has 0 aromatic heterocycles. The van der Waals surface area contributed by atoms with E-state index in [1.807, 2.05) is 0 Å². The molecule has 41 heavy (non-hydrogen) atoms. The largest absolute Gasteiger partial charge is 0.0651 e. The van der Waals surface area contributed by atoms with Crippen LogP contribution >= 0.6 is 0 Å². The predicted octanol–water partition coefficient (Wildman–Crippen LogP) is 13.3. The Labute approximate surface area is 261 Å². The van der Waals surface area contributed by atoms with E-state index in [2.05, 4.69) is 138 Å². The van der Waals surface area contributed by atoms with Gasteiger partial charge in [0.05, 0.1) is 0 Å². The topological polar surface area (TPSA) is 0 Å². The maximum absolute atomic E-state index is 2.82. The van der Waals surface area contributed by atoms with Crippen molar-refractivity contribution in [2.75, 3.05) is 0 Å². The third kappa shape index (κ3) is 5.04. The van der Waals surface area contributed by atoms with Gasteiger partial charge in [-0.25, -0.2) is 0 Å². The van der Waals surface area contributed by atoms with Crippen LogP contribution in [0, 0.1) is 98.1 Å². The Bertz CT molecular complexity index is 850. The predicted molar refractivity (Wildman–Crippen MR) is 186 cm³/mol. The first-order chi connectivity index (χ1) is 18.6. The summed E-state index contributed by atoms with van der Waals surface area (Å²) in [4.78, 5) is 0. The highest BCUT2D eigenvalue weighted by atomic mass is 14.8. The van der Waals surface area contributed by atoms with E-state index < -0.39 is 0 Å². The first kappa shape index (κ1) is 37.2. The molecule has 2 aliphatic rings.